The molecule has 0 bridgehead atoms. The van der Waals surface area contributed by atoms with E-state index >= 15 is 0 Å². The van der Waals surface area contributed by atoms with E-state index in [0.29, 0.717) is 22.6 Å². The van der Waals surface area contributed by atoms with Gasteiger partial charge in [-0.2, -0.15) is 0 Å². The normalized spacial score (nSPS) is 10.2. The van der Waals surface area contributed by atoms with Crippen LogP contribution in [0.25, 0.3) is 0 Å². The Kier molecular flexibility index (Phi) is 6.83. The fourth-order valence-corrected chi connectivity index (χ4v) is 2.68. The number of anilines is 1. The van der Waals surface area contributed by atoms with Crippen molar-refractivity contribution in [2.24, 2.45) is 0 Å². The van der Waals surface area contributed by atoms with Crippen molar-refractivity contribution < 1.29 is 23.5 Å². The molecule has 3 rings (SSSR count). The second-order valence-electron chi connectivity index (χ2n) is 6.22. The summed E-state index contributed by atoms with van der Waals surface area (Å²) >= 11 is 0. The predicted molar refractivity (Wildman–Crippen MR) is 111 cm³/mol. The van der Waals surface area contributed by atoms with Gasteiger partial charge < -0.3 is 25.1 Å². The smallest absolute Gasteiger partial charge is 0.287 e. The molecular weight excluding hydrogens is 386 g/mol. The lowest BCUT2D eigenvalue weighted by molar-refractivity contribution is 0.0910. The van der Waals surface area contributed by atoms with Crippen LogP contribution >= 0.6 is 0 Å². The third kappa shape index (κ3) is 5.26. The van der Waals surface area contributed by atoms with Gasteiger partial charge >= 0.3 is 0 Å². The molecule has 3 amide bonds. The van der Waals surface area contributed by atoms with Crippen LogP contribution in [0.3, 0.4) is 0 Å². The first-order valence-corrected chi connectivity index (χ1v) is 9.23. The first kappa shape index (κ1) is 20.7. The van der Waals surface area contributed by atoms with Gasteiger partial charge in [0.1, 0.15) is 5.75 Å². The highest BCUT2D eigenvalue weighted by atomic mass is 16.5. The van der Waals surface area contributed by atoms with Crippen LogP contribution in [-0.2, 0) is 0 Å². The number of furan rings is 1. The predicted octanol–water partition coefficient (Wildman–Crippen LogP) is 2.70. The molecule has 2 aromatic carbocycles. The summed E-state index contributed by atoms with van der Waals surface area (Å²) in [5, 5.41) is 8.13. The summed E-state index contributed by atoms with van der Waals surface area (Å²) in [7, 11) is 1.50. The minimum atomic E-state index is -0.343. The van der Waals surface area contributed by atoms with Crippen LogP contribution in [0, 0.1) is 0 Å². The van der Waals surface area contributed by atoms with Crippen molar-refractivity contribution in [1.82, 2.24) is 10.6 Å². The Morgan fingerprint density at radius 3 is 2.20 bits per heavy atom. The zero-order chi connectivity index (χ0) is 21.3. The molecular formula is C22H21N3O5. The van der Waals surface area contributed by atoms with Crippen LogP contribution in [0.5, 0.6) is 5.75 Å². The maximum atomic E-state index is 12.4. The molecule has 0 saturated heterocycles. The topological polar surface area (TPSA) is 110 Å². The molecule has 0 aliphatic carbocycles. The Balaban J connectivity index is 1.48. The number of methoxy groups -OCH3 is 1. The van der Waals surface area contributed by atoms with Gasteiger partial charge in [0.2, 0.25) is 0 Å². The van der Waals surface area contributed by atoms with Crippen molar-refractivity contribution in [3.8, 4) is 5.75 Å². The van der Waals surface area contributed by atoms with E-state index in [1.165, 1.54) is 13.4 Å². The van der Waals surface area contributed by atoms with Gasteiger partial charge in [0.15, 0.2) is 5.76 Å². The van der Waals surface area contributed by atoms with Crippen LogP contribution < -0.4 is 20.7 Å². The number of carbonyl (C=O) groups excluding carboxylic acids is 3. The Bertz CT molecular complexity index is 1010. The van der Waals surface area contributed by atoms with E-state index in [2.05, 4.69) is 16.0 Å². The first-order valence-electron chi connectivity index (χ1n) is 9.23. The number of para-hydroxylation sites is 1. The highest BCUT2D eigenvalue weighted by Crippen LogP contribution is 2.19. The number of rotatable bonds is 8. The van der Waals surface area contributed by atoms with E-state index < -0.39 is 0 Å². The Morgan fingerprint density at radius 2 is 1.53 bits per heavy atom. The highest BCUT2D eigenvalue weighted by Gasteiger charge is 2.12. The van der Waals surface area contributed by atoms with Crippen molar-refractivity contribution in [1.29, 1.82) is 0 Å². The van der Waals surface area contributed by atoms with Gasteiger partial charge in [0.25, 0.3) is 17.7 Å². The summed E-state index contributed by atoms with van der Waals surface area (Å²) in [4.78, 5) is 36.4. The van der Waals surface area contributed by atoms with E-state index in [4.69, 9.17) is 9.15 Å². The molecule has 154 valence electrons. The quantitative estimate of drug-likeness (QED) is 0.498. The second kappa shape index (κ2) is 9.92. The van der Waals surface area contributed by atoms with Gasteiger partial charge in [-0.25, -0.2) is 0 Å². The summed E-state index contributed by atoms with van der Waals surface area (Å²) in [5.74, 6) is -0.247. The van der Waals surface area contributed by atoms with Gasteiger partial charge in [-0.15, -0.1) is 0 Å². The van der Waals surface area contributed by atoms with Gasteiger partial charge in [-0.3, -0.25) is 14.4 Å². The molecule has 8 heteroatoms. The van der Waals surface area contributed by atoms with Crippen LogP contribution in [0.1, 0.15) is 31.3 Å². The molecule has 3 aromatic rings. The van der Waals surface area contributed by atoms with E-state index in [-0.39, 0.29) is 36.6 Å². The van der Waals surface area contributed by atoms with Crippen molar-refractivity contribution in [2.75, 3.05) is 25.5 Å². The summed E-state index contributed by atoms with van der Waals surface area (Å²) in [6, 6.07) is 16.6. The molecule has 30 heavy (non-hydrogen) atoms. The maximum absolute atomic E-state index is 12.4. The Morgan fingerprint density at radius 1 is 0.833 bits per heavy atom. The minimum absolute atomic E-state index is 0.215. The van der Waals surface area contributed by atoms with Crippen molar-refractivity contribution >= 4 is 23.4 Å². The largest absolute Gasteiger partial charge is 0.496 e. The molecule has 0 spiro atoms. The molecule has 1 aromatic heterocycles. The Hall–Kier alpha value is -4.07. The van der Waals surface area contributed by atoms with Crippen LogP contribution in [-0.4, -0.2) is 37.9 Å². The maximum Gasteiger partial charge on any atom is 0.287 e. The lowest BCUT2D eigenvalue weighted by Gasteiger charge is -2.10. The fraction of sp³-hybridized carbons (Fsp3) is 0.136. The molecule has 0 saturated carbocycles. The standard InChI is InChI=1S/C22H21N3O5/c1-29-18-6-3-2-5-17(18)21(27)25-16-10-8-15(9-11-16)20(26)23-12-13-24-22(28)19-7-4-14-30-19/h2-11,14H,12-13H2,1H3,(H,23,26)(H,24,28)(H,25,27). The lowest BCUT2D eigenvalue weighted by atomic mass is 10.1. The SMILES string of the molecule is COc1ccccc1C(=O)Nc1ccc(C(=O)NCCNC(=O)c2ccco2)cc1. The molecule has 0 aliphatic rings. The van der Waals surface area contributed by atoms with Crippen LogP contribution in [0.2, 0.25) is 0 Å². The van der Waals surface area contributed by atoms with Gasteiger partial charge in [0, 0.05) is 24.3 Å². The van der Waals surface area contributed by atoms with E-state index in [9.17, 15) is 14.4 Å². The molecule has 3 N–H and O–H groups in total. The van der Waals surface area contributed by atoms with Crippen LogP contribution in [0.4, 0.5) is 5.69 Å². The van der Waals surface area contributed by atoms with Crippen LogP contribution in [0.15, 0.2) is 71.3 Å². The Labute approximate surface area is 173 Å². The molecule has 1 heterocycles. The van der Waals surface area contributed by atoms with Gasteiger partial charge in [0.05, 0.1) is 18.9 Å². The zero-order valence-electron chi connectivity index (χ0n) is 16.3. The molecule has 8 nitrogen and oxygen atoms in total. The molecule has 0 unspecified atom stereocenters. The average molecular weight is 407 g/mol. The lowest BCUT2D eigenvalue weighted by Crippen LogP contribution is -2.34. The van der Waals surface area contributed by atoms with Crippen molar-refractivity contribution in [3.05, 3.63) is 83.8 Å². The number of nitrogens with one attached hydrogen (secondary N) is 3. The highest BCUT2D eigenvalue weighted by molar-refractivity contribution is 6.06. The molecule has 0 radical (unpaired) electrons. The summed E-state index contributed by atoms with van der Waals surface area (Å²) in [6.45, 7) is 0.524. The number of benzene rings is 2. The van der Waals surface area contributed by atoms with Crippen molar-refractivity contribution in [2.45, 2.75) is 0 Å². The summed E-state index contributed by atoms with van der Waals surface area (Å²) < 4.78 is 10.2. The fourth-order valence-electron chi connectivity index (χ4n) is 2.68. The zero-order valence-corrected chi connectivity index (χ0v) is 16.3. The average Bonchev–Trinajstić information content (AvgIpc) is 3.32. The van der Waals surface area contributed by atoms with Gasteiger partial charge in [-0.1, -0.05) is 12.1 Å². The first-order chi connectivity index (χ1) is 14.6. The van der Waals surface area contributed by atoms with Crippen molar-refractivity contribution in [3.63, 3.8) is 0 Å². The van der Waals surface area contributed by atoms with Gasteiger partial charge in [-0.05, 0) is 48.5 Å². The second-order valence-corrected chi connectivity index (χ2v) is 6.22. The van der Waals surface area contributed by atoms with E-state index in [1.54, 1.807) is 60.7 Å². The number of hydrogen-bond donors (Lipinski definition) is 3. The third-order valence-corrected chi connectivity index (χ3v) is 4.20. The third-order valence-electron chi connectivity index (χ3n) is 4.20. The number of amides is 3. The number of carbonyl (C=O) groups is 3. The number of ether oxygens (including phenoxy) is 1. The van der Waals surface area contributed by atoms with E-state index in [0.717, 1.165) is 0 Å². The minimum Gasteiger partial charge on any atom is -0.496 e. The molecule has 0 atom stereocenters. The number of hydrogen-bond acceptors (Lipinski definition) is 5. The van der Waals surface area contributed by atoms with E-state index in [1.807, 2.05) is 0 Å². The monoisotopic (exact) mass is 407 g/mol. The molecule has 0 fully saturated rings. The summed E-state index contributed by atoms with van der Waals surface area (Å²) in [6.07, 6.45) is 1.42. The molecule has 0 aliphatic heterocycles. The summed E-state index contributed by atoms with van der Waals surface area (Å²) in [5.41, 5.74) is 1.40.